The Kier molecular flexibility index (Phi) is 5.34. The van der Waals surface area contributed by atoms with E-state index in [0.29, 0.717) is 28.9 Å². The van der Waals surface area contributed by atoms with Crippen LogP contribution in [0, 0.1) is 5.82 Å². The van der Waals surface area contributed by atoms with E-state index in [1.165, 1.54) is 12.1 Å². The molecule has 1 amide bonds. The molecule has 2 aromatic heterocycles. The summed E-state index contributed by atoms with van der Waals surface area (Å²) in [6.45, 7) is 1.83. The fourth-order valence-electron chi connectivity index (χ4n) is 4.91. The molecule has 3 heterocycles. The predicted molar refractivity (Wildman–Crippen MR) is 142 cm³/mol. The Balaban J connectivity index is 1.46. The van der Waals surface area contributed by atoms with E-state index in [4.69, 9.17) is 5.10 Å². The number of hydrogen-bond acceptors (Lipinski definition) is 6. The standard InChI is InChI=1S/C26H25FN6O3S/c1-26(11-12-37(35,36)15-26)28-25(34)17-3-9-20-22(14-17)33(19-7-5-18(27)6-8-19)30-24(20)16-4-10-21-23(13-16)32(2)31-29-21/h3-10,13-14,35-36H,11-12,15H2,1-2H3,(H,28,34). The monoisotopic (exact) mass is 520 g/mol. The van der Waals surface area contributed by atoms with Gasteiger partial charge in [-0.3, -0.25) is 13.9 Å². The zero-order chi connectivity index (χ0) is 25.9. The van der Waals surface area contributed by atoms with Crippen molar-refractivity contribution in [1.82, 2.24) is 30.1 Å². The Morgan fingerprint density at radius 1 is 1.08 bits per heavy atom. The molecule has 0 bridgehead atoms. The minimum atomic E-state index is -2.67. The summed E-state index contributed by atoms with van der Waals surface area (Å²) in [4.78, 5) is 13.2. The summed E-state index contributed by atoms with van der Waals surface area (Å²) in [6, 6.07) is 17.1. The zero-order valence-corrected chi connectivity index (χ0v) is 21.0. The van der Waals surface area contributed by atoms with Gasteiger partial charge in [-0.25, -0.2) is 13.8 Å². The molecule has 1 aliphatic rings. The summed E-state index contributed by atoms with van der Waals surface area (Å²) in [5.74, 6) is -0.250. The van der Waals surface area contributed by atoms with Gasteiger partial charge in [0.1, 0.15) is 17.0 Å². The average molecular weight is 521 g/mol. The first-order valence-electron chi connectivity index (χ1n) is 11.8. The molecule has 3 aromatic carbocycles. The molecule has 11 heteroatoms. The lowest BCUT2D eigenvalue weighted by molar-refractivity contribution is 0.0915. The molecular formula is C26H25FN6O3S. The van der Waals surface area contributed by atoms with Gasteiger partial charge in [0.25, 0.3) is 5.91 Å². The van der Waals surface area contributed by atoms with Crippen LogP contribution in [-0.4, -0.2) is 56.8 Å². The summed E-state index contributed by atoms with van der Waals surface area (Å²) in [6.07, 6.45) is 0.492. The van der Waals surface area contributed by atoms with Crippen LogP contribution >= 0.6 is 10.6 Å². The van der Waals surface area contributed by atoms with Crippen molar-refractivity contribution in [3.63, 3.8) is 0 Å². The van der Waals surface area contributed by atoms with Gasteiger partial charge in [-0.05, 0) is 67.9 Å². The van der Waals surface area contributed by atoms with Crippen molar-refractivity contribution >= 4 is 38.4 Å². The number of carbonyl (C=O) groups excluding carboxylic acids is 1. The number of nitrogens with zero attached hydrogens (tertiary/aromatic N) is 5. The van der Waals surface area contributed by atoms with Crippen molar-refractivity contribution in [1.29, 1.82) is 0 Å². The van der Waals surface area contributed by atoms with E-state index < -0.39 is 16.1 Å². The number of fused-ring (bicyclic) bond motifs is 2. The number of hydrogen-bond donors (Lipinski definition) is 3. The van der Waals surface area contributed by atoms with E-state index in [2.05, 4.69) is 15.6 Å². The molecule has 1 fully saturated rings. The topological polar surface area (TPSA) is 118 Å². The number of aromatic nitrogens is 5. The number of rotatable bonds is 4. The second-order valence-electron chi connectivity index (χ2n) is 9.80. The lowest BCUT2D eigenvalue weighted by atomic mass is 10.0. The molecule has 3 N–H and O–H groups in total. The molecule has 0 spiro atoms. The quantitative estimate of drug-likeness (QED) is 0.315. The van der Waals surface area contributed by atoms with Crippen molar-refractivity contribution in [3.05, 3.63) is 72.0 Å². The van der Waals surface area contributed by atoms with Gasteiger partial charge in [-0.1, -0.05) is 11.3 Å². The third-order valence-corrected chi connectivity index (χ3v) is 8.80. The van der Waals surface area contributed by atoms with Crippen LogP contribution in [0.1, 0.15) is 23.7 Å². The van der Waals surface area contributed by atoms with Crippen LogP contribution in [0.5, 0.6) is 0 Å². The number of carbonyl (C=O) groups is 1. The van der Waals surface area contributed by atoms with Gasteiger partial charge < -0.3 is 5.32 Å². The second-order valence-corrected chi connectivity index (χ2v) is 12.1. The SMILES string of the molecule is Cn1nnc2ccc(-c3nn(-c4ccc(F)cc4)c4cc(C(=O)NC5(C)CCS(O)(O)C5)ccc34)cc21. The first kappa shape index (κ1) is 23.6. The fourth-order valence-corrected chi connectivity index (χ4v) is 7.07. The molecule has 190 valence electrons. The molecule has 37 heavy (non-hydrogen) atoms. The van der Waals surface area contributed by atoms with Gasteiger partial charge in [-0.15, -0.1) is 5.10 Å². The van der Waals surface area contributed by atoms with Crippen LogP contribution < -0.4 is 5.32 Å². The first-order valence-corrected chi connectivity index (χ1v) is 13.6. The van der Waals surface area contributed by atoms with Gasteiger partial charge in [-0.2, -0.15) is 15.7 Å². The van der Waals surface area contributed by atoms with Gasteiger partial charge in [0.2, 0.25) is 0 Å². The Labute approximate surface area is 213 Å². The maximum atomic E-state index is 13.7. The molecule has 5 aromatic rings. The molecule has 1 unspecified atom stereocenters. The smallest absolute Gasteiger partial charge is 0.251 e. The second kappa shape index (κ2) is 8.37. The zero-order valence-electron chi connectivity index (χ0n) is 20.2. The van der Waals surface area contributed by atoms with E-state index in [1.807, 2.05) is 38.2 Å². The molecule has 0 aliphatic carbocycles. The van der Waals surface area contributed by atoms with Gasteiger partial charge in [0.05, 0.1) is 28.0 Å². The van der Waals surface area contributed by atoms with Crippen LogP contribution in [0.3, 0.4) is 0 Å². The Morgan fingerprint density at radius 2 is 1.86 bits per heavy atom. The highest BCUT2D eigenvalue weighted by molar-refractivity contribution is 8.24. The highest BCUT2D eigenvalue weighted by atomic mass is 32.3. The molecule has 6 rings (SSSR count). The van der Waals surface area contributed by atoms with E-state index in [1.54, 1.807) is 33.6 Å². The third kappa shape index (κ3) is 4.24. The van der Waals surface area contributed by atoms with Crippen molar-refractivity contribution < 1.29 is 18.3 Å². The Morgan fingerprint density at radius 3 is 2.59 bits per heavy atom. The van der Waals surface area contributed by atoms with E-state index in [-0.39, 0.29) is 23.2 Å². The molecule has 9 nitrogen and oxygen atoms in total. The summed E-state index contributed by atoms with van der Waals surface area (Å²) in [5, 5.41) is 16.9. The van der Waals surface area contributed by atoms with Crippen molar-refractivity contribution in [3.8, 4) is 16.9 Å². The fraction of sp³-hybridized carbons (Fsp3) is 0.231. The summed E-state index contributed by atoms with van der Waals surface area (Å²) in [5.41, 5.74) is 4.22. The van der Waals surface area contributed by atoms with Gasteiger partial charge in [0.15, 0.2) is 0 Å². The lowest BCUT2D eigenvalue weighted by Gasteiger charge is -2.30. The maximum absolute atomic E-state index is 13.7. The van der Waals surface area contributed by atoms with Crippen molar-refractivity contribution in [2.24, 2.45) is 7.05 Å². The minimum absolute atomic E-state index is 0.136. The van der Waals surface area contributed by atoms with Crippen LogP contribution in [-0.2, 0) is 7.05 Å². The van der Waals surface area contributed by atoms with E-state index >= 15 is 0 Å². The minimum Gasteiger partial charge on any atom is -0.345 e. The summed E-state index contributed by atoms with van der Waals surface area (Å²) < 4.78 is 37.2. The van der Waals surface area contributed by atoms with E-state index in [9.17, 15) is 18.3 Å². The number of amides is 1. The Hall–Kier alpha value is -3.80. The van der Waals surface area contributed by atoms with Crippen LogP contribution in [0.4, 0.5) is 4.39 Å². The van der Waals surface area contributed by atoms with Crippen LogP contribution in [0.2, 0.25) is 0 Å². The number of halogens is 1. The van der Waals surface area contributed by atoms with Crippen molar-refractivity contribution in [2.75, 3.05) is 11.5 Å². The highest BCUT2D eigenvalue weighted by Crippen LogP contribution is 2.50. The molecule has 0 saturated carbocycles. The largest absolute Gasteiger partial charge is 0.345 e. The van der Waals surface area contributed by atoms with Gasteiger partial charge in [0, 0.05) is 29.3 Å². The summed E-state index contributed by atoms with van der Waals surface area (Å²) in [7, 11) is -0.852. The molecule has 1 saturated heterocycles. The van der Waals surface area contributed by atoms with Crippen LogP contribution in [0.15, 0.2) is 60.7 Å². The first-order chi connectivity index (χ1) is 17.6. The molecular weight excluding hydrogens is 495 g/mol. The number of nitrogens with one attached hydrogen (secondary N) is 1. The highest BCUT2D eigenvalue weighted by Gasteiger charge is 2.39. The molecule has 1 atom stereocenters. The number of aryl methyl sites for hydroxylation is 1. The van der Waals surface area contributed by atoms with Crippen molar-refractivity contribution in [2.45, 2.75) is 18.9 Å². The normalized spacial score (nSPS) is 19.9. The van der Waals surface area contributed by atoms with Gasteiger partial charge >= 0.3 is 0 Å². The maximum Gasteiger partial charge on any atom is 0.251 e. The number of benzene rings is 3. The van der Waals surface area contributed by atoms with E-state index in [0.717, 1.165) is 22.0 Å². The third-order valence-electron chi connectivity index (χ3n) is 6.84. The average Bonchev–Trinajstić information content (AvgIpc) is 3.51. The summed E-state index contributed by atoms with van der Waals surface area (Å²) >= 11 is 0. The Bertz CT molecular complexity index is 1680. The predicted octanol–water partition coefficient (Wildman–Crippen LogP) is 4.76. The van der Waals surface area contributed by atoms with Crippen LogP contribution in [0.25, 0.3) is 38.9 Å². The lowest BCUT2D eigenvalue weighted by Crippen LogP contribution is -2.46. The molecule has 1 aliphatic heterocycles. The molecule has 0 radical (unpaired) electrons.